The number of nitrogens with zero attached hydrogens (tertiary/aromatic N) is 1. The number of hydrogen-bond acceptors (Lipinski definition) is 12. The zero-order chi connectivity index (χ0) is 27.5. The lowest BCUT2D eigenvalue weighted by molar-refractivity contribution is -0.153. The van der Waals surface area contributed by atoms with E-state index in [1.54, 1.807) is 20.2 Å². The Morgan fingerprint density at radius 3 is 2.25 bits per heavy atom. The van der Waals surface area contributed by atoms with Crippen LogP contribution in [0.25, 0.3) is 5.76 Å². The van der Waals surface area contributed by atoms with Crippen molar-refractivity contribution in [1.29, 1.82) is 0 Å². The Balaban J connectivity index is 0.000000658. The molecule has 1 aromatic carbocycles. The summed E-state index contributed by atoms with van der Waals surface area (Å²) in [6, 6.07) is 1.67. The quantitative estimate of drug-likeness (QED) is 0.176. The third kappa shape index (κ3) is 4.47. The van der Waals surface area contributed by atoms with Crippen LogP contribution in [0.1, 0.15) is 17.5 Å². The maximum Gasteiger partial charge on any atom is 0.255 e. The van der Waals surface area contributed by atoms with Crippen molar-refractivity contribution in [3.8, 4) is 5.75 Å². The molecule has 0 bridgehead atoms. The topological polar surface area (TPSA) is 242 Å². The molecular weight excluding hydrogens is 524 g/mol. The van der Waals surface area contributed by atoms with E-state index in [0.717, 1.165) is 0 Å². The van der Waals surface area contributed by atoms with E-state index < -0.39 is 68.4 Å². The summed E-state index contributed by atoms with van der Waals surface area (Å²) in [6.45, 7) is 0. The predicted molar refractivity (Wildman–Crippen MR) is 120 cm³/mol. The van der Waals surface area contributed by atoms with Gasteiger partial charge < -0.3 is 35.3 Å². The van der Waals surface area contributed by atoms with Crippen molar-refractivity contribution in [1.82, 2.24) is 4.90 Å². The minimum absolute atomic E-state index is 0.0145. The van der Waals surface area contributed by atoms with Crippen LogP contribution in [0.3, 0.4) is 0 Å². The summed E-state index contributed by atoms with van der Waals surface area (Å²) >= 11 is 6.02. The largest absolute Gasteiger partial charge is 0.759 e. The number of primary amides is 1. The molecule has 0 heterocycles. The molecule has 4 rings (SSSR count). The number of carbonyl (C=O) groups is 3. The number of aromatic hydroxyl groups is 1. The number of fused-ring (bicyclic) bond motifs is 3. The van der Waals surface area contributed by atoms with E-state index in [1.165, 1.54) is 11.0 Å². The fourth-order valence-electron chi connectivity index (χ4n) is 5.23. The van der Waals surface area contributed by atoms with Crippen molar-refractivity contribution in [2.45, 2.75) is 24.5 Å². The number of Topliss-reactive ketones (excluding diaryl/α,β-unsaturated/α-hetero) is 2. The maximum absolute atomic E-state index is 13.5. The molecule has 15 heteroatoms. The van der Waals surface area contributed by atoms with Crippen LogP contribution in [-0.2, 0) is 31.2 Å². The highest BCUT2D eigenvalue weighted by Crippen LogP contribution is 2.52. The van der Waals surface area contributed by atoms with Gasteiger partial charge in [-0.25, -0.2) is 0 Å². The Hall–Kier alpha value is -3.01. The monoisotopic (exact) mass is 544 g/mol. The van der Waals surface area contributed by atoms with Crippen molar-refractivity contribution in [2.24, 2.45) is 17.6 Å². The highest BCUT2D eigenvalue weighted by Gasteiger charge is 2.64. The second kappa shape index (κ2) is 9.14. The van der Waals surface area contributed by atoms with Crippen LogP contribution in [-0.4, -0.2) is 86.1 Å². The van der Waals surface area contributed by atoms with Gasteiger partial charge in [0.15, 0.2) is 11.4 Å². The first-order valence-electron chi connectivity index (χ1n) is 10.2. The number of rotatable bonds is 2. The molecule has 1 amide bonds. The highest BCUT2D eigenvalue weighted by molar-refractivity contribution is 7.79. The van der Waals surface area contributed by atoms with Crippen molar-refractivity contribution >= 4 is 45.2 Å². The molecule has 3 aliphatic rings. The van der Waals surface area contributed by atoms with Gasteiger partial charge in [-0.1, -0.05) is 11.6 Å². The Kier molecular flexibility index (Phi) is 7.00. The number of benzene rings is 1. The van der Waals surface area contributed by atoms with Gasteiger partial charge >= 0.3 is 0 Å². The second-order valence-electron chi connectivity index (χ2n) is 8.83. The molecule has 0 aliphatic heterocycles. The SMILES string of the molecule is CN(C)C1C(=O)C(C(N)=O)=C(O)C2(O)C(=O)C3=C(O)c4c(O)cc(Cl)cc4CC3CC12.O=S(=O)([O-])[O-]. The normalized spacial score (nSPS) is 27.7. The smallest absolute Gasteiger partial charge is 0.255 e. The standard InChI is InChI=1S/C21H21ClN2O7.H2O4S/c1-24(2)15-10-5-8-3-7-4-9(22)6-11(25)12(7)16(26)13(8)18(28)21(10,31)19(29)14(17(15)27)20(23)30;1-5(2,3)4/h4,6,8,10,15,25-26,29,31H,3,5H2,1-2H3,(H2,23,30);(H2,1,2,3,4)/p-2. The van der Waals surface area contributed by atoms with E-state index in [9.17, 15) is 34.8 Å². The number of ketones is 2. The molecule has 6 N–H and O–H groups in total. The number of halogens is 1. The Labute approximate surface area is 209 Å². The van der Waals surface area contributed by atoms with Gasteiger partial charge in [0.2, 0.25) is 5.78 Å². The van der Waals surface area contributed by atoms with Crippen LogP contribution in [0, 0.1) is 11.8 Å². The minimum Gasteiger partial charge on any atom is -0.759 e. The third-order valence-electron chi connectivity index (χ3n) is 6.49. The van der Waals surface area contributed by atoms with Gasteiger partial charge in [-0.15, -0.1) is 0 Å². The molecule has 4 atom stereocenters. The molecule has 1 saturated carbocycles. The van der Waals surface area contributed by atoms with Crippen LogP contribution < -0.4 is 5.73 Å². The molecule has 1 fully saturated rings. The number of phenols is 1. The lowest BCUT2D eigenvalue weighted by Crippen LogP contribution is -2.65. The number of aliphatic hydroxyl groups excluding tert-OH is 2. The molecule has 196 valence electrons. The van der Waals surface area contributed by atoms with Gasteiger partial charge in [0, 0.05) is 26.9 Å². The van der Waals surface area contributed by atoms with E-state index in [-0.39, 0.29) is 34.8 Å². The van der Waals surface area contributed by atoms with E-state index >= 15 is 0 Å². The molecular formula is C21H21ClN2O11S-2. The van der Waals surface area contributed by atoms with Gasteiger partial charge in [-0.05, 0) is 50.6 Å². The van der Waals surface area contributed by atoms with E-state index in [4.69, 9.17) is 34.9 Å². The summed E-state index contributed by atoms with van der Waals surface area (Å²) in [5, 5.41) is 43.5. The molecule has 0 radical (unpaired) electrons. The molecule has 36 heavy (non-hydrogen) atoms. The van der Waals surface area contributed by atoms with Crippen molar-refractivity contribution in [3.05, 3.63) is 45.2 Å². The van der Waals surface area contributed by atoms with Gasteiger partial charge in [0.25, 0.3) is 5.91 Å². The summed E-state index contributed by atoms with van der Waals surface area (Å²) in [5.74, 6) is -6.78. The second-order valence-corrected chi connectivity index (χ2v) is 10.1. The molecule has 0 saturated heterocycles. The molecule has 13 nitrogen and oxygen atoms in total. The lowest BCUT2D eigenvalue weighted by atomic mass is 9.57. The molecule has 0 spiro atoms. The third-order valence-corrected chi connectivity index (χ3v) is 6.71. The lowest BCUT2D eigenvalue weighted by Gasteiger charge is -2.50. The van der Waals surface area contributed by atoms with E-state index in [1.807, 2.05) is 0 Å². The van der Waals surface area contributed by atoms with E-state index in [0.29, 0.717) is 5.56 Å². The van der Waals surface area contributed by atoms with Crippen LogP contribution in [0.2, 0.25) is 5.02 Å². The number of aliphatic hydroxyl groups is 3. The van der Waals surface area contributed by atoms with Crippen LogP contribution in [0.15, 0.2) is 29.0 Å². The number of hydrogen-bond donors (Lipinski definition) is 5. The fraction of sp³-hybridized carbons (Fsp3) is 0.381. The zero-order valence-corrected chi connectivity index (χ0v) is 20.3. The Morgan fingerprint density at radius 1 is 1.19 bits per heavy atom. The maximum atomic E-state index is 13.5. The van der Waals surface area contributed by atoms with Gasteiger partial charge in [-0.3, -0.25) is 27.7 Å². The number of likely N-dealkylation sites (N-methyl/N-ethyl adjacent to an activating group) is 1. The number of nitrogens with two attached hydrogens (primary N) is 1. The summed E-state index contributed by atoms with van der Waals surface area (Å²) in [4.78, 5) is 39.8. The van der Waals surface area contributed by atoms with Crippen molar-refractivity contribution in [3.63, 3.8) is 0 Å². The Bertz CT molecular complexity index is 1340. The molecule has 4 unspecified atom stereocenters. The summed E-state index contributed by atoms with van der Waals surface area (Å²) in [5.41, 5.74) is 2.13. The first kappa shape index (κ1) is 27.6. The zero-order valence-electron chi connectivity index (χ0n) is 18.8. The van der Waals surface area contributed by atoms with Gasteiger partial charge in [0.1, 0.15) is 22.8 Å². The first-order chi connectivity index (χ1) is 16.4. The van der Waals surface area contributed by atoms with Gasteiger partial charge in [0.05, 0.1) is 11.6 Å². The number of amides is 1. The average molecular weight is 545 g/mol. The fourth-order valence-corrected chi connectivity index (χ4v) is 5.47. The molecule has 3 aliphatic carbocycles. The number of phenolic OH excluding ortho intramolecular Hbond substituents is 1. The average Bonchev–Trinajstić information content (AvgIpc) is 2.68. The molecule has 1 aromatic rings. The van der Waals surface area contributed by atoms with E-state index in [2.05, 4.69) is 0 Å². The Morgan fingerprint density at radius 2 is 1.75 bits per heavy atom. The van der Waals surface area contributed by atoms with Gasteiger partial charge in [-0.2, -0.15) is 0 Å². The van der Waals surface area contributed by atoms with Crippen LogP contribution in [0.5, 0.6) is 5.75 Å². The minimum atomic E-state index is -5.17. The van der Waals surface area contributed by atoms with Crippen molar-refractivity contribution in [2.75, 3.05) is 14.1 Å². The van der Waals surface area contributed by atoms with Crippen LogP contribution in [0.4, 0.5) is 0 Å². The predicted octanol–water partition coefficient (Wildman–Crippen LogP) is -0.721. The highest BCUT2D eigenvalue weighted by atomic mass is 35.5. The summed E-state index contributed by atoms with van der Waals surface area (Å²) in [7, 11) is -2.07. The summed E-state index contributed by atoms with van der Waals surface area (Å²) < 4.78 is 34.1. The molecule has 0 aromatic heterocycles. The van der Waals surface area contributed by atoms with Crippen molar-refractivity contribution < 1.29 is 52.3 Å². The number of carbonyl (C=O) groups excluding carboxylic acids is 3. The van der Waals surface area contributed by atoms with Crippen LogP contribution >= 0.6 is 11.6 Å². The first-order valence-corrected chi connectivity index (χ1v) is 11.9. The summed E-state index contributed by atoms with van der Waals surface area (Å²) in [6.07, 6.45) is 0.252.